The Morgan fingerprint density at radius 1 is 0.929 bits per heavy atom. The number of rotatable bonds is 16. The standard InChI is InChI=1S/C33H63N3O5S/c1-23(2)30(41-42(38,39)40)10-7-9-24-11-12-27-31-28(14-16-32(24,27)3)33(4)15-13-26(21-25(33)22-29(31)37)36-20-8-19-35-18-6-5-17-34/h23-31,35-37H,5-22,34H2,1-4H3,(H,38,39,40)/t24-,25+,26-,27?,28?,29+,30+,31?,32+,33-/m0/s1. The third-order valence-corrected chi connectivity index (χ3v) is 13.2. The van der Waals surface area contributed by atoms with Gasteiger partial charge in [0.2, 0.25) is 0 Å². The molecule has 6 N–H and O–H groups in total. The molecule has 3 unspecified atom stereocenters. The van der Waals surface area contributed by atoms with Crippen molar-refractivity contribution < 1.29 is 22.3 Å². The van der Waals surface area contributed by atoms with E-state index in [2.05, 4.69) is 24.5 Å². The van der Waals surface area contributed by atoms with E-state index < -0.39 is 16.5 Å². The van der Waals surface area contributed by atoms with E-state index in [1.165, 1.54) is 44.9 Å². The molecule has 4 fully saturated rings. The van der Waals surface area contributed by atoms with Gasteiger partial charge in [-0.1, -0.05) is 34.1 Å². The fourth-order valence-corrected chi connectivity index (χ4v) is 10.9. The van der Waals surface area contributed by atoms with Crippen molar-refractivity contribution in [2.45, 2.75) is 136 Å². The monoisotopic (exact) mass is 613 g/mol. The Labute approximate surface area is 257 Å². The van der Waals surface area contributed by atoms with Gasteiger partial charge in [0.05, 0.1) is 12.2 Å². The molecular weight excluding hydrogens is 550 g/mol. The van der Waals surface area contributed by atoms with Crippen LogP contribution in [-0.4, -0.2) is 62.5 Å². The zero-order chi connectivity index (χ0) is 30.5. The van der Waals surface area contributed by atoms with Gasteiger partial charge in [-0.3, -0.25) is 4.55 Å². The van der Waals surface area contributed by atoms with Crippen molar-refractivity contribution in [3.05, 3.63) is 0 Å². The molecule has 4 aliphatic carbocycles. The Hall–Kier alpha value is -0.290. The average molecular weight is 614 g/mol. The van der Waals surface area contributed by atoms with Crippen LogP contribution in [0.2, 0.25) is 0 Å². The maximum absolute atomic E-state index is 11.7. The summed E-state index contributed by atoms with van der Waals surface area (Å²) < 4.78 is 36.8. The summed E-state index contributed by atoms with van der Waals surface area (Å²) in [6.45, 7) is 12.9. The molecule has 4 aliphatic rings. The van der Waals surface area contributed by atoms with Crippen LogP contribution >= 0.6 is 0 Å². The minimum atomic E-state index is -4.44. The van der Waals surface area contributed by atoms with Gasteiger partial charge < -0.3 is 21.5 Å². The SMILES string of the molecule is CC(C)[C@@H](CCC[C@H]1CCC2C3C(CC[C@@]21C)[C@@]1(C)CC[C@H](NCCCNCCCCN)C[C@@H]1C[C@H]3O)OS(=O)(=O)O. The molecule has 0 amide bonds. The van der Waals surface area contributed by atoms with Crippen molar-refractivity contribution in [1.82, 2.24) is 10.6 Å². The Kier molecular flexibility index (Phi) is 12.2. The highest BCUT2D eigenvalue weighted by Gasteiger charge is 2.62. The average Bonchev–Trinajstić information content (AvgIpc) is 3.25. The molecule has 10 atom stereocenters. The Balaban J connectivity index is 1.28. The van der Waals surface area contributed by atoms with Crippen LogP contribution in [0.3, 0.4) is 0 Å². The van der Waals surface area contributed by atoms with Crippen LogP contribution in [0.25, 0.3) is 0 Å². The molecule has 4 saturated carbocycles. The second-order valence-corrected chi connectivity index (χ2v) is 16.4. The largest absolute Gasteiger partial charge is 0.397 e. The lowest BCUT2D eigenvalue weighted by molar-refractivity contribution is -0.165. The number of aliphatic hydroxyl groups is 1. The molecule has 0 saturated heterocycles. The number of aliphatic hydroxyl groups excluding tert-OH is 1. The van der Waals surface area contributed by atoms with Gasteiger partial charge in [-0.05, 0) is 156 Å². The molecule has 0 aromatic heterocycles. The lowest BCUT2D eigenvalue weighted by Crippen LogP contribution is -2.59. The van der Waals surface area contributed by atoms with E-state index in [4.69, 9.17) is 9.92 Å². The molecule has 0 aromatic rings. The number of hydrogen-bond acceptors (Lipinski definition) is 7. The second kappa shape index (κ2) is 14.9. The van der Waals surface area contributed by atoms with E-state index >= 15 is 0 Å². The van der Waals surface area contributed by atoms with E-state index in [1.54, 1.807) is 0 Å². The van der Waals surface area contributed by atoms with Crippen LogP contribution in [0.5, 0.6) is 0 Å². The fourth-order valence-electron chi connectivity index (χ4n) is 10.2. The number of hydrogen-bond donors (Lipinski definition) is 5. The van der Waals surface area contributed by atoms with Gasteiger partial charge in [0.25, 0.3) is 0 Å². The predicted octanol–water partition coefficient (Wildman–Crippen LogP) is 5.31. The predicted molar refractivity (Wildman–Crippen MR) is 169 cm³/mol. The maximum Gasteiger partial charge on any atom is 0.397 e. The van der Waals surface area contributed by atoms with Crippen molar-refractivity contribution in [3.63, 3.8) is 0 Å². The van der Waals surface area contributed by atoms with Crippen molar-refractivity contribution in [2.75, 3.05) is 26.2 Å². The summed E-state index contributed by atoms with van der Waals surface area (Å²) in [5.74, 6) is 2.85. The molecule has 42 heavy (non-hydrogen) atoms. The smallest absolute Gasteiger partial charge is 0.393 e. The van der Waals surface area contributed by atoms with Gasteiger partial charge in [-0.2, -0.15) is 8.42 Å². The first-order chi connectivity index (χ1) is 19.9. The minimum Gasteiger partial charge on any atom is -0.393 e. The van der Waals surface area contributed by atoms with Gasteiger partial charge in [0.1, 0.15) is 0 Å². The van der Waals surface area contributed by atoms with Gasteiger partial charge in [0, 0.05) is 6.04 Å². The molecule has 0 aromatic carbocycles. The second-order valence-electron chi connectivity index (χ2n) is 15.4. The molecule has 246 valence electrons. The van der Waals surface area contributed by atoms with Gasteiger partial charge in [0.15, 0.2) is 0 Å². The zero-order valence-corrected chi connectivity index (χ0v) is 27.8. The van der Waals surface area contributed by atoms with Gasteiger partial charge in [-0.25, -0.2) is 4.18 Å². The number of unbranched alkanes of at least 4 members (excludes halogenated alkanes) is 1. The molecule has 0 heterocycles. The molecule has 0 bridgehead atoms. The first-order valence-electron chi connectivity index (χ1n) is 17.4. The van der Waals surface area contributed by atoms with Gasteiger partial charge >= 0.3 is 10.4 Å². The zero-order valence-electron chi connectivity index (χ0n) is 27.0. The maximum atomic E-state index is 11.7. The van der Waals surface area contributed by atoms with Crippen LogP contribution in [0.4, 0.5) is 0 Å². The normalized spacial score (nSPS) is 39.1. The Morgan fingerprint density at radius 2 is 1.64 bits per heavy atom. The molecule has 8 nitrogen and oxygen atoms in total. The molecule has 0 aliphatic heterocycles. The van der Waals surface area contributed by atoms with Crippen LogP contribution in [0, 0.1) is 46.3 Å². The summed E-state index contributed by atoms with van der Waals surface area (Å²) in [6.07, 6.45) is 14.9. The Bertz CT molecular complexity index is 950. The van der Waals surface area contributed by atoms with Crippen molar-refractivity contribution >= 4 is 10.4 Å². The fraction of sp³-hybridized carbons (Fsp3) is 1.00. The van der Waals surface area contributed by atoms with E-state index in [-0.39, 0.29) is 17.4 Å². The molecule has 4 rings (SSSR count). The topological polar surface area (TPSA) is 134 Å². The van der Waals surface area contributed by atoms with Crippen molar-refractivity contribution in [3.8, 4) is 0 Å². The Morgan fingerprint density at radius 3 is 2.36 bits per heavy atom. The summed E-state index contributed by atoms with van der Waals surface area (Å²) in [4.78, 5) is 0. The summed E-state index contributed by atoms with van der Waals surface area (Å²) in [5.41, 5.74) is 6.16. The van der Waals surface area contributed by atoms with Crippen LogP contribution in [-0.2, 0) is 14.6 Å². The van der Waals surface area contributed by atoms with E-state index in [0.29, 0.717) is 47.5 Å². The van der Waals surface area contributed by atoms with Crippen LogP contribution in [0.1, 0.15) is 118 Å². The summed E-state index contributed by atoms with van der Waals surface area (Å²) in [5, 5.41) is 19.1. The highest BCUT2D eigenvalue weighted by Crippen LogP contribution is 2.68. The minimum absolute atomic E-state index is 0.0271. The number of nitrogens with two attached hydrogens (primary N) is 1. The number of fused-ring (bicyclic) bond motifs is 5. The highest BCUT2D eigenvalue weighted by molar-refractivity contribution is 7.80. The third-order valence-electron chi connectivity index (χ3n) is 12.7. The highest BCUT2D eigenvalue weighted by atomic mass is 32.3. The lowest BCUT2D eigenvalue weighted by atomic mass is 9.44. The quantitative estimate of drug-likeness (QED) is 0.117. The van der Waals surface area contributed by atoms with Crippen LogP contribution in [0.15, 0.2) is 0 Å². The van der Waals surface area contributed by atoms with E-state index in [9.17, 15) is 18.1 Å². The van der Waals surface area contributed by atoms with Gasteiger partial charge in [-0.15, -0.1) is 0 Å². The molecule has 9 heteroatoms. The first-order valence-corrected chi connectivity index (χ1v) is 18.7. The molecular formula is C33H63N3O5S. The van der Waals surface area contributed by atoms with E-state index in [0.717, 1.165) is 64.7 Å². The summed E-state index contributed by atoms with van der Waals surface area (Å²) >= 11 is 0. The first kappa shape index (κ1) is 34.6. The molecule has 0 spiro atoms. The molecule has 0 radical (unpaired) electrons. The third kappa shape index (κ3) is 8.10. The van der Waals surface area contributed by atoms with Crippen LogP contribution < -0.4 is 16.4 Å². The van der Waals surface area contributed by atoms with Crippen molar-refractivity contribution in [2.24, 2.45) is 52.1 Å². The number of nitrogens with one attached hydrogen (secondary N) is 2. The van der Waals surface area contributed by atoms with Crippen molar-refractivity contribution in [1.29, 1.82) is 0 Å². The van der Waals surface area contributed by atoms with E-state index in [1.807, 2.05) is 13.8 Å². The summed E-state index contributed by atoms with van der Waals surface area (Å²) in [6, 6.07) is 0.577. The summed E-state index contributed by atoms with van der Waals surface area (Å²) in [7, 11) is -4.44. The lowest BCUT2D eigenvalue weighted by Gasteiger charge is -2.62.